The number of carbonyl (C=O) groups is 3. The van der Waals surface area contributed by atoms with Crippen molar-refractivity contribution in [1.29, 1.82) is 0 Å². The van der Waals surface area contributed by atoms with E-state index in [-0.39, 0.29) is 18.9 Å². The highest BCUT2D eigenvalue weighted by molar-refractivity contribution is 6.09. The summed E-state index contributed by atoms with van der Waals surface area (Å²) in [4.78, 5) is 41.1. The molecular formula is C23H25N2O4-. The zero-order valence-corrected chi connectivity index (χ0v) is 16.9. The highest BCUT2D eigenvalue weighted by Crippen LogP contribution is 2.40. The van der Waals surface area contributed by atoms with Crippen molar-refractivity contribution in [1.82, 2.24) is 9.80 Å². The van der Waals surface area contributed by atoms with Crippen molar-refractivity contribution in [2.75, 3.05) is 0 Å². The number of carboxylic acid groups (broad SMARTS) is 1. The van der Waals surface area contributed by atoms with E-state index in [0.717, 1.165) is 10.5 Å². The second-order valence-corrected chi connectivity index (χ2v) is 7.93. The molecule has 0 aliphatic carbocycles. The molecule has 2 aromatic carbocycles. The Labute approximate surface area is 170 Å². The normalized spacial score (nSPS) is 20.4. The zero-order chi connectivity index (χ0) is 21.2. The fourth-order valence-corrected chi connectivity index (χ4v) is 3.82. The number of benzene rings is 2. The highest BCUT2D eigenvalue weighted by Gasteiger charge is 2.57. The van der Waals surface area contributed by atoms with Crippen molar-refractivity contribution >= 4 is 17.9 Å². The van der Waals surface area contributed by atoms with Crippen molar-refractivity contribution in [2.24, 2.45) is 5.92 Å². The van der Waals surface area contributed by atoms with Crippen LogP contribution in [-0.4, -0.2) is 33.7 Å². The van der Waals surface area contributed by atoms with Crippen LogP contribution in [0, 0.1) is 5.92 Å². The molecule has 0 unspecified atom stereocenters. The Morgan fingerprint density at radius 3 is 2.07 bits per heavy atom. The van der Waals surface area contributed by atoms with Crippen LogP contribution < -0.4 is 5.11 Å². The lowest BCUT2D eigenvalue weighted by molar-refractivity contribution is -0.311. The minimum atomic E-state index is -1.42. The van der Waals surface area contributed by atoms with Gasteiger partial charge >= 0.3 is 6.03 Å². The predicted octanol–water partition coefficient (Wildman–Crippen LogP) is 2.53. The van der Waals surface area contributed by atoms with E-state index >= 15 is 0 Å². The second-order valence-electron chi connectivity index (χ2n) is 7.93. The van der Waals surface area contributed by atoms with Crippen LogP contribution in [0.1, 0.15) is 38.3 Å². The second kappa shape index (κ2) is 8.07. The Balaban J connectivity index is 2.09. The molecule has 1 aliphatic heterocycles. The third kappa shape index (κ3) is 3.75. The number of rotatable bonds is 7. The van der Waals surface area contributed by atoms with Crippen LogP contribution in [0.5, 0.6) is 0 Å². The standard InChI is InChI=1S/C23H26N2O4/c1-16(2)14-19(20(26)27)25-21(28)23(3,18-12-8-5-9-13-18)24(22(25)29)15-17-10-6-4-7-11-17/h4-13,16,19H,14-15H2,1-3H3,(H,26,27)/p-1/t19-,23-/m0/s1. The molecule has 6 nitrogen and oxygen atoms in total. The summed E-state index contributed by atoms with van der Waals surface area (Å²) in [7, 11) is 0. The summed E-state index contributed by atoms with van der Waals surface area (Å²) < 4.78 is 0. The summed E-state index contributed by atoms with van der Waals surface area (Å²) in [5.74, 6) is -1.98. The van der Waals surface area contributed by atoms with Crippen molar-refractivity contribution in [3.63, 3.8) is 0 Å². The molecule has 0 saturated carbocycles. The summed E-state index contributed by atoms with van der Waals surface area (Å²) >= 11 is 0. The summed E-state index contributed by atoms with van der Waals surface area (Å²) in [6.07, 6.45) is 0.143. The van der Waals surface area contributed by atoms with E-state index in [4.69, 9.17) is 0 Å². The maximum atomic E-state index is 13.5. The molecular weight excluding hydrogens is 368 g/mol. The fraction of sp³-hybridized carbons (Fsp3) is 0.348. The molecule has 1 heterocycles. The minimum absolute atomic E-state index is 0.0235. The molecule has 0 N–H and O–H groups in total. The number of aliphatic carboxylic acids is 1. The molecule has 0 bridgehead atoms. The molecule has 3 rings (SSSR count). The lowest BCUT2D eigenvalue weighted by Gasteiger charge is -2.32. The van der Waals surface area contributed by atoms with E-state index < -0.39 is 29.5 Å². The van der Waals surface area contributed by atoms with Gasteiger partial charge in [-0.2, -0.15) is 0 Å². The zero-order valence-electron chi connectivity index (χ0n) is 16.9. The largest absolute Gasteiger partial charge is 0.548 e. The Morgan fingerprint density at radius 2 is 1.55 bits per heavy atom. The molecule has 0 radical (unpaired) electrons. The maximum absolute atomic E-state index is 13.5. The lowest BCUT2D eigenvalue weighted by Crippen LogP contribution is -2.52. The number of carbonyl (C=O) groups excluding carboxylic acids is 3. The van der Waals surface area contributed by atoms with Gasteiger partial charge in [0.2, 0.25) is 0 Å². The number of hydrogen-bond donors (Lipinski definition) is 0. The average Bonchev–Trinajstić information content (AvgIpc) is 2.89. The van der Waals surface area contributed by atoms with E-state index in [9.17, 15) is 19.5 Å². The highest BCUT2D eigenvalue weighted by atomic mass is 16.4. The van der Waals surface area contributed by atoms with Gasteiger partial charge in [-0.3, -0.25) is 9.69 Å². The number of carboxylic acids is 1. The topological polar surface area (TPSA) is 80.8 Å². The number of amides is 3. The molecule has 2 atom stereocenters. The first kappa shape index (κ1) is 20.6. The number of nitrogens with zero attached hydrogens (tertiary/aromatic N) is 2. The molecule has 1 fully saturated rings. The monoisotopic (exact) mass is 393 g/mol. The van der Waals surface area contributed by atoms with Gasteiger partial charge in [0, 0.05) is 6.54 Å². The van der Waals surface area contributed by atoms with Crippen LogP contribution in [-0.2, 0) is 21.7 Å². The minimum Gasteiger partial charge on any atom is -0.548 e. The van der Waals surface area contributed by atoms with E-state index in [2.05, 4.69) is 0 Å². The number of imide groups is 1. The van der Waals surface area contributed by atoms with Crippen molar-refractivity contribution in [3.8, 4) is 0 Å². The third-order valence-corrected chi connectivity index (χ3v) is 5.41. The van der Waals surface area contributed by atoms with Gasteiger partial charge in [-0.1, -0.05) is 74.5 Å². The van der Waals surface area contributed by atoms with Gasteiger partial charge in [0.15, 0.2) is 0 Å². The summed E-state index contributed by atoms with van der Waals surface area (Å²) in [6.45, 7) is 5.56. The maximum Gasteiger partial charge on any atom is 0.328 e. The van der Waals surface area contributed by atoms with Gasteiger partial charge < -0.3 is 14.8 Å². The molecule has 3 amide bonds. The summed E-state index contributed by atoms with van der Waals surface area (Å²) in [5.41, 5.74) is 0.184. The SMILES string of the molecule is CC(C)C[C@@H](C(=O)[O-])N1C(=O)N(Cc2ccccc2)[C@@](C)(c2ccccc2)C1=O. The van der Waals surface area contributed by atoms with E-state index in [1.807, 2.05) is 50.2 Å². The number of urea groups is 1. The van der Waals surface area contributed by atoms with Gasteiger partial charge in [-0.25, -0.2) is 4.79 Å². The smallest absolute Gasteiger partial charge is 0.328 e. The van der Waals surface area contributed by atoms with E-state index in [0.29, 0.717) is 5.56 Å². The lowest BCUT2D eigenvalue weighted by atomic mass is 9.89. The molecule has 152 valence electrons. The Morgan fingerprint density at radius 1 is 1.00 bits per heavy atom. The van der Waals surface area contributed by atoms with Gasteiger partial charge in [-0.15, -0.1) is 0 Å². The first-order valence-electron chi connectivity index (χ1n) is 9.72. The molecule has 29 heavy (non-hydrogen) atoms. The Bertz CT molecular complexity index is 898. The van der Waals surface area contributed by atoms with Crippen molar-refractivity contribution in [3.05, 3.63) is 71.8 Å². The van der Waals surface area contributed by atoms with Crippen LogP contribution in [0.15, 0.2) is 60.7 Å². The predicted molar refractivity (Wildman–Crippen MR) is 106 cm³/mol. The molecule has 0 aromatic heterocycles. The van der Waals surface area contributed by atoms with Gasteiger partial charge in [-0.05, 0) is 30.4 Å². The third-order valence-electron chi connectivity index (χ3n) is 5.41. The average molecular weight is 393 g/mol. The quantitative estimate of drug-likeness (QED) is 0.677. The first-order valence-corrected chi connectivity index (χ1v) is 9.72. The molecule has 2 aromatic rings. The summed E-state index contributed by atoms with van der Waals surface area (Å²) in [5, 5.41) is 11.8. The first-order chi connectivity index (χ1) is 13.8. The van der Waals surface area contributed by atoms with Crippen molar-refractivity contribution in [2.45, 2.75) is 45.3 Å². The number of hydrogen-bond acceptors (Lipinski definition) is 4. The van der Waals surface area contributed by atoms with Crippen molar-refractivity contribution < 1.29 is 19.5 Å². The van der Waals surface area contributed by atoms with E-state index in [1.165, 1.54) is 4.90 Å². The summed E-state index contributed by atoms with van der Waals surface area (Å²) in [6, 6.07) is 16.4. The van der Waals surface area contributed by atoms with Gasteiger partial charge in [0.1, 0.15) is 5.54 Å². The van der Waals surface area contributed by atoms with Crippen LogP contribution in [0.2, 0.25) is 0 Å². The van der Waals surface area contributed by atoms with Crippen LogP contribution in [0.25, 0.3) is 0 Å². The molecule has 1 aliphatic rings. The Hall–Kier alpha value is -3.15. The van der Waals surface area contributed by atoms with Crippen LogP contribution in [0.4, 0.5) is 4.79 Å². The van der Waals surface area contributed by atoms with Crippen LogP contribution in [0.3, 0.4) is 0 Å². The molecule has 6 heteroatoms. The Kier molecular flexibility index (Phi) is 5.73. The van der Waals surface area contributed by atoms with Crippen LogP contribution >= 0.6 is 0 Å². The fourth-order valence-electron chi connectivity index (χ4n) is 3.82. The van der Waals surface area contributed by atoms with E-state index in [1.54, 1.807) is 31.2 Å². The van der Waals surface area contributed by atoms with Gasteiger partial charge in [0.25, 0.3) is 5.91 Å². The molecule has 0 spiro atoms. The molecule has 1 saturated heterocycles. The van der Waals surface area contributed by atoms with Gasteiger partial charge in [0.05, 0.1) is 12.0 Å².